The van der Waals surface area contributed by atoms with Crippen LogP contribution in [0.1, 0.15) is 48.0 Å². The largest absolute Gasteiger partial charge is 0.425 e. The third-order valence-corrected chi connectivity index (χ3v) is 4.03. The Balaban J connectivity index is 4.54. The maximum Gasteiger partial charge on any atom is 0.322 e. The Kier molecular flexibility index (Phi) is 9.71. The van der Waals surface area contributed by atoms with Gasteiger partial charge < -0.3 is 9.05 Å². The molecule has 5 heteroatoms. The van der Waals surface area contributed by atoms with Gasteiger partial charge in [-0.05, 0) is 41.0 Å². The normalized spacial score (nSPS) is 14.2. The fourth-order valence-corrected chi connectivity index (χ4v) is 2.99. The smallest absolute Gasteiger partial charge is 0.322 e. The van der Waals surface area contributed by atoms with Crippen LogP contribution in [0.15, 0.2) is 4.99 Å². The molecule has 0 saturated heterocycles. The van der Waals surface area contributed by atoms with Crippen molar-refractivity contribution in [2.45, 2.75) is 60.0 Å². The molecular formula is C12H27N2O2P. The van der Waals surface area contributed by atoms with Crippen LogP contribution in [0.4, 0.5) is 0 Å². The molecule has 0 aromatic carbocycles. The summed E-state index contributed by atoms with van der Waals surface area (Å²) in [5.74, 6) is 0. The van der Waals surface area contributed by atoms with Crippen LogP contribution in [-0.4, -0.2) is 36.3 Å². The van der Waals surface area contributed by atoms with Gasteiger partial charge in [-0.25, -0.2) is 4.67 Å². The van der Waals surface area contributed by atoms with Crippen molar-refractivity contribution >= 4 is 14.9 Å². The van der Waals surface area contributed by atoms with Gasteiger partial charge in [0.05, 0.1) is 6.61 Å². The minimum Gasteiger partial charge on any atom is -0.425 e. The lowest BCUT2D eigenvalue weighted by Gasteiger charge is -2.34. The number of rotatable bonds is 9. The van der Waals surface area contributed by atoms with Gasteiger partial charge in [-0.1, -0.05) is 6.92 Å². The molecule has 0 bridgehead atoms. The third kappa shape index (κ3) is 6.97. The van der Waals surface area contributed by atoms with Crippen LogP contribution in [0, 0.1) is 0 Å². The van der Waals surface area contributed by atoms with E-state index in [1.807, 2.05) is 6.92 Å². The Morgan fingerprint density at radius 1 is 1.18 bits per heavy atom. The summed E-state index contributed by atoms with van der Waals surface area (Å²) < 4.78 is 13.7. The topological polar surface area (TPSA) is 34.1 Å². The lowest BCUT2D eigenvalue weighted by atomic mass is 10.3. The minimum absolute atomic E-state index is 0.396. The van der Waals surface area contributed by atoms with Crippen molar-refractivity contribution in [3.05, 3.63) is 0 Å². The van der Waals surface area contributed by atoms with E-state index < -0.39 is 8.53 Å². The molecule has 0 fully saturated rings. The summed E-state index contributed by atoms with van der Waals surface area (Å²) in [6, 6.07) is 0.793. The van der Waals surface area contributed by atoms with E-state index in [4.69, 9.17) is 9.05 Å². The average molecular weight is 262 g/mol. The molecule has 0 spiro atoms. The first kappa shape index (κ1) is 16.8. The van der Waals surface area contributed by atoms with E-state index in [0.717, 1.165) is 19.6 Å². The van der Waals surface area contributed by atoms with Crippen molar-refractivity contribution in [2.24, 2.45) is 4.99 Å². The maximum atomic E-state index is 5.80. The third-order valence-electron chi connectivity index (χ3n) is 2.05. The molecule has 4 nitrogen and oxygen atoms in total. The van der Waals surface area contributed by atoms with E-state index in [2.05, 4.69) is 44.3 Å². The van der Waals surface area contributed by atoms with E-state index in [0.29, 0.717) is 12.1 Å². The van der Waals surface area contributed by atoms with Crippen LogP contribution in [-0.2, 0) is 9.05 Å². The van der Waals surface area contributed by atoms with E-state index >= 15 is 0 Å². The highest BCUT2D eigenvalue weighted by Crippen LogP contribution is 2.45. The molecule has 102 valence electrons. The summed E-state index contributed by atoms with van der Waals surface area (Å²) in [6.07, 6.45) is 2.52. The van der Waals surface area contributed by atoms with Gasteiger partial charge in [0.25, 0.3) is 0 Å². The predicted molar refractivity (Wildman–Crippen MR) is 75.4 cm³/mol. The van der Waals surface area contributed by atoms with Gasteiger partial charge in [0, 0.05) is 18.6 Å². The average Bonchev–Trinajstić information content (AvgIpc) is 2.24. The van der Waals surface area contributed by atoms with Gasteiger partial charge >= 0.3 is 8.53 Å². The highest BCUT2D eigenvalue weighted by Gasteiger charge is 2.27. The molecule has 0 radical (unpaired) electrons. The molecule has 0 saturated carbocycles. The van der Waals surface area contributed by atoms with Gasteiger partial charge in [0.15, 0.2) is 6.40 Å². The molecule has 0 aliphatic rings. The lowest BCUT2D eigenvalue weighted by Crippen LogP contribution is -2.33. The number of aliphatic imine (C=N–C) groups is 1. The summed E-state index contributed by atoms with van der Waals surface area (Å²) in [4.78, 5) is 4.08. The standard InChI is InChI=1S/C12H27N2O2P/c1-7-9-15-17(16-10-13-8-2)14(11(3)4)12(5)6/h10-12H,7-9H2,1-6H3/b13-10+. The molecule has 0 amide bonds. The highest BCUT2D eigenvalue weighted by molar-refractivity contribution is 7.45. The summed E-state index contributed by atoms with van der Waals surface area (Å²) in [6.45, 7) is 14.2. The number of hydrogen-bond donors (Lipinski definition) is 0. The predicted octanol–water partition coefficient (Wildman–Crippen LogP) is 3.82. The van der Waals surface area contributed by atoms with Crippen molar-refractivity contribution < 1.29 is 9.05 Å². The van der Waals surface area contributed by atoms with Crippen molar-refractivity contribution in [1.29, 1.82) is 0 Å². The summed E-state index contributed by atoms with van der Waals surface area (Å²) in [5, 5.41) is 0. The Morgan fingerprint density at radius 3 is 2.18 bits per heavy atom. The molecule has 0 aliphatic carbocycles. The Morgan fingerprint density at radius 2 is 1.76 bits per heavy atom. The van der Waals surface area contributed by atoms with Crippen molar-refractivity contribution in [3.63, 3.8) is 0 Å². The van der Waals surface area contributed by atoms with Gasteiger partial charge in [-0.15, -0.1) is 0 Å². The van der Waals surface area contributed by atoms with Gasteiger partial charge in [0.1, 0.15) is 0 Å². The van der Waals surface area contributed by atoms with Crippen LogP contribution >= 0.6 is 8.53 Å². The summed E-state index contributed by atoms with van der Waals surface area (Å²) in [7, 11) is -1.04. The molecule has 17 heavy (non-hydrogen) atoms. The van der Waals surface area contributed by atoms with E-state index in [1.54, 1.807) is 0 Å². The maximum absolute atomic E-state index is 5.80. The van der Waals surface area contributed by atoms with Gasteiger partial charge in [0.2, 0.25) is 0 Å². The molecular weight excluding hydrogens is 235 g/mol. The first-order valence-electron chi connectivity index (χ1n) is 6.40. The zero-order chi connectivity index (χ0) is 13.3. The van der Waals surface area contributed by atoms with Gasteiger partial charge in [-0.2, -0.15) is 0 Å². The number of nitrogens with zero attached hydrogens (tertiary/aromatic N) is 2. The van der Waals surface area contributed by atoms with Crippen molar-refractivity contribution in [1.82, 2.24) is 4.67 Å². The second-order valence-corrected chi connectivity index (χ2v) is 5.75. The lowest BCUT2D eigenvalue weighted by molar-refractivity contribution is 0.216. The molecule has 0 aliphatic heterocycles. The zero-order valence-electron chi connectivity index (χ0n) is 12.0. The molecule has 0 heterocycles. The Labute approximate surface area is 107 Å². The fraction of sp³-hybridized carbons (Fsp3) is 0.917. The SMILES string of the molecule is CCCOP(O/C=N/CC)N(C(C)C)C(C)C. The van der Waals surface area contributed by atoms with E-state index in [1.165, 1.54) is 6.40 Å². The van der Waals surface area contributed by atoms with Crippen LogP contribution in [0.5, 0.6) is 0 Å². The fourth-order valence-electron chi connectivity index (χ4n) is 1.44. The summed E-state index contributed by atoms with van der Waals surface area (Å²) in [5.41, 5.74) is 0. The highest BCUT2D eigenvalue weighted by atomic mass is 31.2. The van der Waals surface area contributed by atoms with Crippen LogP contribution in [0.25, 0.3) is 0 Å². The summed E-state index contributed by atoms with van der Waals surface area (Å²) >= 11 is 0. The molecule has 0 rings (SSSR count). The van der Waals surface area contributed by atoms with Crippen molar-refractivity contribution in [2.75, 3.05) is 13.2 Å². The minimum atomic E-state index is -1.04. The van der Waals surface area contributed by atoms with Crippen LogP contribution < -0.4 is 0 Å². The molecule has 0 N–H and O–H groups in total. The molecule has 1 unspecified atom stereocenters. The monoisotopic (exact) mass is 262 g/mol. The van der Waals surface area contributed by atoms with Crippen LogP contribution in [0.2, 0.25) is 0 Å². The van der Waals surface area contributed by atoms with Gasteiger partial charge in [-0.3, -0.25) is 4.99 Å². The first-order chi connectivity index (χ1) is 8.04. The quantitative estimate of drug-likeness (QED) is 0.360. The Bertz CT molecular complexity index is 203. The molecule has 0 aromatic heterocycles. The zero-order valence-corrected chi connectivity index (χ0v) is 12.9. The Hall–Kier alpha value is -0.180. The second-order valence-electron chi connectivity index (χ2n) is 4.35. The molecule has 1 atom stereocenters. The van der Waals surface area contributed by atoms with Crippen LogP contribution in [0.3, 0.4) is 0 Å². The van der Waals surface area contributed by atoms with Crippen molar-refractivity contribution in [3.8, 4) is 0 Å². The first-order valence-corrected chi connectivity index (χ1v) is 7.53. The molecule has 0 aromatic rings. The second kappa shape index (κ2) is 9.81. The van der Waals surface area contributed by atoms with E-state index in [9.17, 15) is 0 Å². The number of hydrogen-bond acceptors (Lipinski definition) is 4. The van der Waals surface area contributed by atoms with E-state index in [-0.39, 0.29) is 0 Å².